The minimum Gasteiger partial charge on any atom is -0.368 e. The second kappa shape index (κ2) is 5.88. The third-order valence-electron chi connectivity index (χ3n) is 4.00. The number of hydrogen-bond acceptors (Lipinski definition) is 3. The van der Waals surface area contributed by atoms with Crippen molar-refractivity contribution in [3.8, 4) is 0 Å². The molecule has 1 aromatic carbocycles. The Morgan fingerprint density at radius 1 is 1.42 bits per heavy atom. The number of hydrogen-bond donors (Lipinski definition) is 1. The van der Waals surface area contributed by atoms with Crippen LogP contribution in [0.1, 0.15) is 32.4 Å². The van der Waals surface area contributed by atoms with Gasteiger partial charge in [-0.15, -0.1) is 0 Å². The first-order valence-electron chi connectivity index (χ1n) is 7.07. The monoisotopic (exact) mass is 265 g/mol. The molecule has 4 heteroatoms. The van der Waals surface area contributed by atoms with Gasteiger partial charge in [0.05, 0.1) is 0 Å². The molecule has 1 saturated heterocycles. The highest BCUT2D eigenvalue weighted by molar-refractivity contribution is 5.56. The molecule has 0 saturated carbocycles. The van der Waals surface area contributed by atoms with Crippen molar-refractivity contribution in [2.45, 2.75) is 32.9 Å². The van der Waals surface area contributed by atoms with Crippen LogP contribution in [0.25, 0.3) is 0 Å². The Labute approximate surface area is 115 Å². The summed E-state index contributed by atoms with van der Waals surface area (Å²) >= 11 is 0. The van der Waals surface area contributed by atoms with Crippen LogP contribution in [0.15, 0.2) is 18.2 Å². The Balaban J connectivity index is 2.26. The Morgan fingerprint density at radius 2 is 2.16 bits per heavy atom. The van der Waals surface area contributed by atoms with Gasteiger partial charge in [-0.3, -0.25) is 4.90 Å². The molecule has 0 spiro atoms. The fraction of sp³-hybridized carbons (Fsp3) is 0.600. The van der Waals surface area contributed by atoms with Crippen molar-refractivity contribution in [3.63, 3.8) is 0 Å². The van der Waals surface area contributed by atoms with Crippen LogP contribution in [-0.2, 0) is 0 Å². The van der Waals surface area contributed by atoms with Crippen LogP contribution >= 0.6 is 0 Å². The maximum atomic E-state index is 14.0. The summed E-state index contributed by atoms with van der Waals surface area (Å²) in [6, 6.07) is 5.45. The number of nitrogens with zero attached hydrogens (tertiary/aromatic N) is 2. The van der Waals surface area contributed by atoms with Gasteiger partial charge in [-0.1, -0.05) is 13.0 Å². The molecule has 0 aromatic heterocycles. The second-order valence-corrected chi connectivity index (χ2v) is 5.38. The van der Waals surface area contributed by atoms with Crippen LogP contribution in [0, 0.1) is 5.82 Å². The number of piperazine rings is 1. The zero-order valence-corrected chi connectivity index (χ0v) is 12.1. The first-order chi connectivity index (χ1) is 9.04. The smallest absolute Gasteiger partial charge is 0.130 e. The van der Waals surface area contributed by atoms with E-state index in [1.54, 1.807) is 6.07 Å². The Kier molecular flexibility index (Phi) is 4.42. The molecule has 2 atom stereocenters. The zero-order valence-electron chi connectivity index (χ0n) is 12.1. The standard InChI is InChI=1S/C15H24FN3/c1-4-18-8-9-19(10-11(18)2)14-7-5-6-13(16)15(14)12(3)17/h5-7,11-12H,4,8-10,17H2,1-3H3. The van der Waals surface area contributed by atoms with Gasteiger partial charge in [0.25, 0.3) is 0 Å². The summed E-state index contributed by atoms with van der Waals surface area (Å²) < 4.78 is 14.0. The average molecular weight is 265 g/mol. The van der Waals surface area contributed by atoms with E-state index in [0.29, 0.717) is 11.6 Å². The number of benzene rings is 1. The van der Waals surface area contributed by atoms with E-state index >= 15 is 0 Å². The molecule has 1 heterocycles. The molecule has 2 rings (SSSR count). The van der Waals surface area contributed by atoms with E-state index in [0.717, 1.165) is 31.9 Å². The quantitative estimate of drug-likeness (QED) is 0.910. The van der Waals surface area contributed by atoms with Crippen molar-refractivity contribution in [2.75, 3.05) is 31.1 Å². The van der Waals surface area contributed by atoms with Crippen molar-refractivity contribution in [3.05, 3.63) is 29.6 Å². The summed E-state index contributed by atoms with van der Waals surface area (Å²) in [5.41, 5.74) is 7.53. The van der Waals surface area contributed by atoms with Gasteiger partial charge in [0.15, 0.2) is 0 Å². The third kappa shape index (κ3) is 2.90. The van der Waals surface area contributed by atoms with E-state index < -0.39 is 0 Å². The maximum absolute atomic E-state index is 14.0. The minimum atomic E-state index is -0.282. The van der Waals surface area contributed by atoms with Crippen LogP contribution in [0.3, 0.4) is 0 Å². The molecule has 0 radical (unpaired) electrons. The number of rotatable bonds is 3. The highest BCUT2D eigenvalue weighted by atomic mass is 19.1. The second-order valence-electron chi connectivity index (χ2n) is 5.38. The van der Waals surface area contributed by atoms with E-state index in [4.69, 9.17) is 5.73 Å². The van der Waals surface area contributed by atoms with Gasteiger partial charge in [0, 0.05) is 43.0 Å². The molecule has 0 amide bonds. The van der Waals surface area contributed by atoms with Gasteiger partial charge in [0.2, 0.25) is 0 Å². The molecule has 106 valence electrons. The molecule has 1 aliphatic heterocycles. The largest absolute Gasteiger partial charge is 0.368 e. The SMILES string of the molecule is CCN1CCN(c2cccc(F)c2C(C)N)CC1C. The lowest BCUT2D eigenvalue weighted by atomic mass is 10.0. The molecule has 19 heavy (non-hydrogen) atoms. The van der Waals surface area contributed by atoms with E-state index in [1.165, 1.54) is 6.07 Å². The van der Waals surface area contributed by atoms with Crippen molar-refractivity contribution in [1.82, 2.24) is 4.90 Å². The lowest BCUT2D eigenvalue weighted by Crippen LogP contribution is -2.52. The fourth-order valence-electron chi connectivity index (χ4n) is 2.94. The maximum Gasteiger partial charge on any atom is 0.130 e. The summed E-state index contributed by atoms with van der Waals surface area (Å²) in [4.78, 5) is 4.71. The van der Waals surface area contributed by atoms with Crippen LogP contribution in [0.4, 0.5) is 10.1 Å². The van der Waals surface area contributed by atoms with Gasteiger partial charge in [-0.05, 0) is 32.5 Å². The minimum absolute atomic E-state index is 0.196. The average Bonchev–Trinajstić information content (AvgIpc) is 2.37. The summed E-state index contributed by atoms with van der Waals surface area (Å²) in [6.45, 7) is 10.2. The Morgan fingerprint density at radius 3 is 2.74 bits per heavy atom. The molecule has 1 aromatic rings. The van der Waals surface area contributed by atoms with Gasteiger partial charge in [-0.25, -0.2) is 4.39 Å². The lowest BCUT2D eigenvalue weighted by molar-refractivity contribution is 0.199. The number of anilines is 1. The highest BCUT2D eigenvalue weighted by Gasteiger charge is 2.25. The van der Waals surface area contributed by atoms with E-state index in [1.807, 2.05) is 13.0 Å². The molecular weight excluding hydrogens is 241 g/mol. The Bertz CT molecular complexity index is 433. The predicted molar refractivity (Wildman–Crippen MR) is 77.9 cm³/mol. The van der Waals surface area contributed by atoms with E-state index in [2.05, 4.69) is 23.6 Å². The summed E-state index contributed by atoms with van der Waals surface area (Å²) in [5, 5.41) is 0. The van der Waals surface area contributed by atoms with E-state index in [-0.39, 0.29) is 11.9 Å². The molecular formula is C15H24FN3. The van der Waals surface area contributed by atoms with Crippen molar-refractivity contribution in [2.24, 2.45) is 5.73 Å². The fourth-order valence-corrected chi connectivity index (χ4v) is 2.94. The number of likely N-dealkylation sites (N-methyl/N-ethyl adjacent to an activating group) is 1. The van der Waals surface area contributed by atoms with Gasteiger partial charge in [-0.2, -0.15) is 0 Å². The van der Waals surface area contributed by atoms with Crippen molar-refractivity contribution in [1.29, 1.82) is 0 Å². The molecule has 1 fully saturated rings. The molecule has 1 aliphatic rings. The number of nitrogens with two attached hydrogens (primary N) is 1. The van der Waals surface area contributed by atoms with Gasteiger partial charge in [0.1, 0.15) is 5.82 Å². The number of halogens is 1. The van der Waals surface area contributed by atoms with Crippen LogP contribution in [0.5, 0.6) is 0 Å². The molecule has 0 bridgehead atoms. The molecule has 3 nitrogen and oxygen atoms in total. The predicted octanol–water partition coefficient (Wildman–Crippen LogP) is 2.38. The van der Waals surface area contributed by atoms with E-state index in [9.17, 15) is 4.39 Å². The zero-order chi connectivity index (χ0) is 14.0. The van der Waals surface area contributed by atoms with Crippen LogP contribution in [-0.4, -0.2) is 37.1 Å². The summed E-state index contributed by atoms with van der Waals surface area (Å²) in [6.07, 6.45) is 0. The van der Waals surface area contributed by atoms with Crippen molar-refractivity contribution < 1.29 is 4.39 Å². The van der Waals surface area contributed by atoms with Crippen LogP contribution in [0.2, 0.25) is 0 Å². The normalized spacial score (nSPS) is 22.6. The highest BCUT2D eigenvalue weighted by Crippen LogP contribution is 2.29. The summed E-state index contributed by atoms with van der Waals surface area (Å²) in [7, 11) is 0. The molecule has 2 unspecified atom stereocenters. The van der Waals surface area contributed by atoms with Gasteiger partial charge < -0.3 is 10.6 Å². The topological polar surface area (TPSA) is 32.5 Å². The summed E-state index contributed by atoms with van der Waals surface area (Å²) in [5.74, 6) is -0.196. The first-order valence-corrected chi connectivity index (χ1v) is 7.07. The van der Waals surface area contributed by atoms with Crippen LogP contribution < -0.4 is 10.6 Å². The first kappa shape index (κ1) is 14.3. The lowest BCUT2D eigenvalue weighted by Gasteiger charge is -2.41. The van der Waals surface area contributed by atoms with Gasteiger partial charge >= 0.3 is 0 Å². The third-order valence-corrected chi connectivity index (χ3v) is 4.00. The molecule has 2 N–H and O–H groups in total. The molecule has 0 aliphatic carbocycles. The van der Waals surface area contributed by atoms with Crippen molar-refractivity contribution >= 4 is 5.69 Å². The Hall–Kier alpha value is -1.13.